The van der Waals surface area contributed by atoms with E-state index in [1.54, 1.807) is 0 Å². The number of rotatable bonds is 9. The molecule has 0 amide bonds. The zero-order valence-corrected chi connectivity index (χ0v) is 45.4. The summed E-state index contributed by atoms with van der Waals surface area (Å²) >= 11 is 3.46. The molecule has 0 saturated heterocycles. The topological polar surface area (TPSA) is 61.4 Å². The Bertz CT molecular complexity index is 4620. The van der Waals surface area contributed by atoms with E-state index < -0.39 is 0 Å². The van der Waals surface area contributed by atoms with Crippen molar-refractivity contribution in [1.82, 2.24) is 29.1 Å². The molecule has 9 aromatic carbocycles. The van der Waals surface area contributed by atoms with Gasteiger partial charge in [0.1, 0.15) is 4.60 Å². The first-order valence-corrected chi connectivity index (χ1v) is 27.9. The first-order chi connectivity index (χ1) is 40.1. The van der Waals surface area contributed by atoms with Gasteiger partial charge in [0.05, 0.1) is 61.9 Å². The second-order valence-corrected chi connectivity index (χ2v) is 20.7. The van der Waals surface area contributed by atoms with E-state index in [9.17, 15) is 0 Å². The number of pyridine rings is 4. The molecule has 0 aliphatic heterocycles. The minimum absolute atomic E-state index is 0. The summed E-state index contributed by atoms with van der Waals surface area (Å²) in [4.78, 5) is 19.8. The fourth-order valence-corrected chi connectivity index (χ4v) is 11.5. The number of para-hydroxylation sites is 3. The quantitative estimate of drug-likeness (QED) is 0.135. The van der Waals surface area contributed by atoms with Gasteiger partial charge in [-0.2, -0.15) is 0 Å². The summed E-state index contributed by atoms with van der Waals surface area (Å²) in [6.07, 6.45) is 0. The average molecular weight is 1120 g/mol. The molecule has 0 aliphatic rings. The molecule has 6 nitrogen and oxygen atoms in total. The molecule has 15 aromatic rings. The molecule has 15 rings (SSSR count). The van der Waals surface area contributed by atoms with Crippen LogP contribution in [0.1, 0.15) is 7.43 Å². The maximum Gasteiger partial charge on any atom is 0.106 e. The minimum atomic E-state index is 0. The van der Waals surface area contributed by atoms with Crippen molar-refractivity contribution < 1.29 is 0 Å². The third-order valence-electron chi connectivity index (χ3n) is 14.9. The fraction of sp³-hybridized carbons (Fsp3) is 0.0133. The standard InChI is InChI=1S/C52H34N4.C22H15BrN2.CH4/c1-4-15-35(16-5-1)46-33-38(34-47(54-46)36-17-6-2-7-18-36)45-24-14-23-44(53-45)37-27-29-40(30-28-37)55-49-26-13-11-22-43(49)51-50(55)32-31-42-41-21-10-12-25-48(41)56(52(42)51)39-19-8-3-9-20-39;23-22-13-7-12-19(25-22)18-14-20(16-8-3-1-4-9-16)24-21(15-18)17-10-5-2-6-11-17;/h1-34H;1-15H;1H4. The van der Waals surface area contributed by atoms with Crippen LogP contribution in [0.3, 0.4) is 0 Å². The largest absolute Gasteiger partial charge is 0.309 e. The van der Waals surface area contributed by atoms with Crippen molar-refractivity contribution in [2.24, 2.45) is 0 Å². The average Bonchev–Trinajstić information content (AvgIpc) is 4.10. The van der Waals surface area contributed by atoms with Crippen molar-refractivity contribution in [3.63, 3.8) is 0 Å². The molecule has 390 valence electrons. The summed E-state index contributed by atoms with van der Waals surface area (Å²) < 4.78 is 5.65. The van der Waals surface area contributed by atoms with Crippen LogP contribution >= 0.6 is 15.9 Å². The van der Waals surface area contributed by atoms with Crippen molar-refractivity contribution in [1.29, 1.82) is 0 Å². The van der Waals surface area contributed by atoms with Crippen molar-refractivity contribution in [2.45, 2.75) is 7.43 Å². The maximum absolute atomic E-state index is 5.23. The fourth-order valence-electron chi connectivity index (χ4n) is 11.1. The van der Waals surface area contributed by atoms with Crippen LogP contribution in [0.4, 0.5) is 0 Å². The zero-order chi connectivity index (χ0) is 54.1. The third-order valence-corrected chi connectivity index (χ3v) is 15.3. The minimum Gasteiger partial charge on any atom is -0.309 e. The Balaban J connectivity index is 0.000000203. The second kappa shape index (κ2) is 22.4. The first kappa shape index (κ1) is 51.1. The van der Waals surface area contributed by atoms with E-state index in [0.717, 1.165) is 94.8 Å². The number of aromatic nitrogens is 6. The number of benzene rings is 9. The lowest BCUT2D eigenvalue weighted by Gasteiger charge is -2.12. The number of hydrogen-bond acceptors (Lipinski definition) is 4. The van der Waals surface area contributed by atoms with Gasteiger partial charge in [0.15, 0.2) is 0 Å². The number of halogens is 1. The molecular formula is C75H53BrN6. The van der Waals surface area contributed by atoms with Gasteiger partial charge in [-0.05, 0) is 107 Å². The summed E-state index contributed by atoms with van der Waals surface area (Å²) in [6.45, 7) is 0. The van der Waals surface area contributed by atoms with Gasteiger partial charge in [-0.1, -0.05) is 214 Å². The SMILES string of the molecule is Brc1cccc(-c2cc(-c3ccccc3)nc(-c3ccccc3)c2)n1.C.c1ccc(-c2cc(-c3cccc(-c4ccc(-n5c6ccccc6c6c5ccc5c7ccccc7n(-c7ccccc7)c56)cc4)n3)cc(-c3ccccc3)n2)cc1. The van der Waals surface area contributed by atoms with E-state index in [4.69, 9.17) is 15.0 Å². The summed E-state index contributed by atoms with van der Waals surface area (Å²) in [5.74, 6) is 0. The van der Waals surface area contributed by atoms with Crippen LogP contribution in [0.2, 0.25) is 0 Å². The van der Waals surface area contributed by atoms with Gasteiger partial charge in [0.25, 0.3) is 0 Å². The van der Waals surface area contributed by atoms with Crippen molar-refractivity contribution in [2.75, 3.05) is 0 Å². The summed E-state index contributed by atoms with van der Waals surface area (Å²) in [6, 6.07) is 104. The Morgan fingerprint density at radius 3 is 1.12 bits per heavy atom. The van der Waals surface area contributed by atoms with Gasteiger partial charge in [0.2, 0.25) is 0 Å². The monoisotopic (exact) mass is 1120 g/mol. The summed E-state index contributed by atoms with van der Waals surface area (Å²) in [7, 11) is 0. The highest BCUT2D eigenvalue weighted by Crippen LogP contribution is 2.42. The van der Waals surface area contributed by atoms with Gasteiger partial charge in [0, 0.05) is 71.9 Å². The van der Waals surface area contributed by atoms with Crippen LogP contribution in [0, 0.1) is 0 Å². The van der Waals surface area contributed by atoms with Crippen molar-refractivity contribution in [3.8, 4) is 90.2 Å². The van der Waals surface area contributed by atoms with Gasteiger partial charge in [-0.25, -0.2) is 19.9 Å². The first-order valence-electron chi connectivity index (χ1n) is 27.1. The lowest BCUT2D eigenvalue weighted by Crippen LogP contribution is -1.96. The van der Waals surface area contributed by atoms with Gasteiger partial charge in [-0.15, -0.1) is 0 Å². The Labute approximate surface area is 485 Å². The van der Waals surface area contributed by atoms with Crippen LogP contribution in [0.15, 0.2) is 302 Å². The highest BCUT2D eigenvalue weighted by Gasteiger charge is 2.21. The molecule has 0 unspecified atom stereocenters. The maximum atomic E-state index is 5.23. The number of nitrogens with zero attached hydrogens (tertiary/aromatic N) is 6. The number of fused-ring (bicyclic) bond motifs is 7. The van der Waals surface area contributed by atoms with Crippen molar-refractivity contribution >= 4 is 59.5 Å². The van der Waals surface area contributed by atoms with Gasteiger partial charge in [-0.3, -0.25) is 0 Å². The summed E-state index contributed by atoms with van der Waals surface area (Å²) in [5.41, 5.74) is 21.0. The van der Waals surface area contributed by atoms with Crippen LogP contribution in [-0.2, 0) is 0 Å². The van der Waals surface area contributed by atoms with Crippen molar-refractivity contribution in [3.05, 3.63) is 302 Å². The van der Waals surface area contributed by atoms with Gasteiger partial charge >= 0.3 is 0 Å². The molecular weight excluding hydrogens is 1060 g/mol. The van der Waals surface area contributed by atoms with Gasteiger partial charge < -0.3 is 9.13 Å². The molecule has 0 spiro atoms. The molecule has 0 N–H and O–H groups in total. The van der Waals surface area contributed by atoms with E-state index in [1.807, 2.05) is 66.7 Å². The Kier molecular flexibility index (Phi) is 14.0. The lowest BCUT2D eigenvalue weighted by molar-refractivity contribution is 1.17. The lowest BCUT2D eigenvalue weighted by atomic mass is 10.0. The van der Waals surface area contributed by atoms with E-state index in [-0.39, 0.29) is 7.43 Å². The highest BCUT2D eigenvalue weighted by molar-refractivity contribution is 9.10. The van der Waals surface area contributed by atoms with E-state index in [0.29, 0.717) is 0 Å². The van der Waals surface area contributed by atoms with Crippen LogP contribution in [0.25, 0.3) is 134 Å². The molecule has 0 aliphatic carbocycles. The summed E-state index contributed by atoms with van der Waals surface area (Å²) in [5, 5.41) is 4.98. The normalized spacial score (nSPS) is 11.1. The van der Waals surface area contributed by atoms with E-state index >= 15 is 0 Å². The Morgan fingerprint density at radius 1 is 0.244 bits per heavy atom. The third kappa shape index (κ3) is 9.84. The van der Waals surface area contributed by atoms with Crippen LogP contribution in [0.5, 0.6) is 0 Å². The molecule has 0 bridgehead atoms. The molecule has 0 saturated carbocycles. The smallest absolute Gasteiger partial charge is 0.106 e. The molecule has 6 aromatic heterocycles. The molecule has 0 fully saturated rings. The molecule has 6 heterocycles. The van der Waals surface area contributed by atoms with E-state index in [2.05, 4.69) is 261 Å². The van der Waals surface area contributed by atoms with Crippen LogP contribution in [-0.4, -0.2) is 29.1 Å². The molecule has 0 radical (unpaired) electrons. The Morgan fingerprint density at radius 2 is 0.622 bits per heavy atom. The zero-order valence-electron chi connectivity index (χ0n) is 43.9. The number of hydrogen-bond donors (Lipinski definition) is 0. The predicted octanol–water partition coefficient (Wildman–Crippen LogP) is 20.2. The predicted molar refractivity (Wildman–Crippen MR) is 345 cm³/mol. The van der Waals surface area contributed by atoms with E-state index in [1.165, 1.54) is 43.6 Å². The second-order valence-electron chi connectivity index (χ2n) is 19.9. The molecule has 7 heteroatoms. The Hall–Kier alpha value is -10.3. The molecule has 0 atom stereocenters. The molecule has 82 heavy (non-hydrogen) atoms. The van der Waals surface area contributed by atoms with Crippen LogP contribution < -0.4 is 0 Å². The highest BCUT2D eigenvalue weighted by atomic mass is 79.9.